The zero-order valence-corrected chi connectivity index (χ0v) is 12.4. The molecule has 1 amide bonds. The third kappa shape index (κ3) is 3.95. The topological polar surface area (TPSA) is 55.1 Å². The van der Waals surface area contributed by atoms with E-state index in [0.717, 1.165) is 5.56 Å². The summed E-state index contributed by atoms with van der Waals surface area (Å²) in [5, 5.41) is 6.85. The Hall–Kier alpha value is -2.10. The predicted molar refractivity (Wildman–Crippen MR) is 78.3 cm³/mol. The highest BCUT2D eigenvalue weighted by molar-refractivity contribution is 5.79. The number of hydrogen-bond acceptors (Lipinski definition) is 3. The van der Waals surface area contributed by atoms with Crippen molar-refractivity contribution in [2.24, 2.45) is 0 Å². The molecule has 2 rings (SSSR count). The molecule has 4 nitrogen and oxygen atoms in total. The van der Waals surface area contributed by atoms with Crippen molar-refractivity contribution in [3.8, 4) is 11.3 Å². The van der Waals surface area contributed by atoms with Gasteiger partial charge in [-0.2, -0.15) is 0 Å². The molecular weight excluding hydrogens is 252 g/mol. The molecule has 0 radical (unpaired) electrons. The normalized spacial score (nSPS) is 11.4. The maximum absolute atomic E-state index is 11.8. The minimum atomic E-state index is -0.236. The summed E-state index contributed by atoms with van der Waals surface area (Å²) in [7, 11) is 0. The zero-order valence-electron chi connectivity index (χ0n) is 12.4. The molecule has 0 aliphatic rings. The average molecular weight is 272 g/mol. The third-order valence-electron chi connectivity index (χ3n) is 2.75. The summed E-state index contributed by atoms with van der Waals surface area (Å²) in [5.41, 5.74) is 2.56. The maximum atomic E-state index is 11.8. The van der Waals surface area contributed by atoms with Crippen molar-refractivity contribution in [1.29, 1.82) is 0 Å². The molecule has 106 valence electrons. The Morgan fingerprint density at radius 1 is 1.25 bits per heavy atom. The van der Waals surface area contributed by atoms with Crippen LogP contribution in [-0.2, 0) is 11.2 Å². The second kappa shape index (κ2) is 5.49. The number of nitrogens with zero attached hydrogens (tertiary/aromatic N) is 1. The number of carbonyl (C=O) groups is 1. The summed E-state index contributed by atoms with van der Waals surface area (Å²) >= 11 is 0. The second-order valence-electron chi connectivity index (χ2n) is 6.02. The van der Waals surface area contributed by atoms with Crippen LogP contribution in [0.25, 0.3) is 11.3 Å². The first-order valence-corrected chi connectivity index (χ1v) is 6.67. The molecule has 0 fully saturated rings. The summed E-state index contributed by atoms with van der Waals surface area (Å²) in [6.07, 6.45) is 0.229. The number of benzene rings is 1. The molecule has 2 aromatic rings. The van der Waals surface area contributed by atoms with Gasteiger partial charge in [0, 0.05) is 17.2 Å². The van der Waals surface area contributed by atoms with Crippen molar-refractivity contribution in [3.63, 3.8) is 0 Å². The highest BCUT2D eigenvalue weighted by Crippen LogP contribution is 2.20. The Morgan fingerprint density at radius 3 is 2.50 bits per heavy atom. The van der Waals surface area contributed by atoms with E-state index >= 15 is 0 Å². The fraction of sp³-hybridized carbons (Fsp3) is 0.375. The summed E-state index contributed by atoms with van der Waals surface area (Å²) in [6, 6.07) is 9.81. The van der Waals surface area contributed by atoms with E-state index in [2.05, 4.69) is 10.5 Å². The van der Waals surface area contributed by atoms with Gasteiger partial charge in [0.2, 0.25) is 5.91 Å². The van der Waals surface area contributed by atoms with E-state index < -0.39 is 0 Å². The smallest absolute Gasteiger partial charge is 0.226 e. The van der Waals surface area contributed by atoms with E-state index in [-0.39, 0.29) is 17.9 Å². The quantitative estimate of drug-likeness (QED) is 0.934. The van der Waals surface area contributed by atoms with Crippen LogP contribution in [0, 0.1) is 6.92 Å². The zero-order chi connectivity index (χ0) is 14.8. The molecule has 0 unspecified atom stereocenters. The standard InChI is InChI=1S/C16H20N2O2/c1-11-5-7-12(8-6-11)14-9-13(18-20-14)10-15(19)17-16(2,3)4/h5-9H,10H2,1-4H3,(H,17,19). The van der Waals surface area contributed by atoms with Gasteiger partial charge in [-0.15, -0.1) is 0 Å². The molecule has 1 heterocycles. The van der Waals surface area contributed by atoms with Crippen LogP contribution >= 0.6 is 0 Å². The van der Waals surface area contributed by atoms with Crippen LogP contribution in [0.3, 0.4) is 0 Å². The van der Waals surface area contributed by atoms with Gasteiger partial charge < -0.3 is 9.84 Å². The molecule has 0 bridgehead atoms. The Balaban J connectivity index is 2.06. The molecule has 0 atom stereocenters. The van der Waals surface area contributed by atoms with Gasteiger partial charge in [-0.3, -0.25) is 4.79 Å². The first-order valence-electron chi connectivity index (χ1n) is 6.67. The number of aromatic nitrogens is 1. The minimum absolute atomic E-state index is 0.0544. The van der Waals surface area contributed by atoms with Gasteiger partial charge in [0.25, 0.3) is 0 Å². The molecule has 0 aliphatic carbocycles. The van der Waals surface area contributed by atoms with Crippen LogP contribution in [0.2, 0.25) is 0 Å². The first kappa shape index (κ1) is 14.3. The van der Waals surface area contributed by atoms with E-state index in [0.29, 0.717) is 11.5 Å². The van der Waals surface area contributed by atoms with Gasteiger partial charge in [0.15, 0.2) is 5.76 Å². The molecule has 1 aromatic heterocycles. The number of hydrogen-bond donors (Lipinski definition) is 1. The van der Waals surface area contributed by atoms with Crippen LogP contribution in [0.15, 0.2) is 34.9 Å². The largest absolute Gasteiger partial charge is 0.356 e. The maximum Gasteiger partial charge on any atom is 0.226 e. The van der Waals surface area contributed by atoms with Crippen molar-refractivity contribution in [1.82, 2.24) is 10.5 Å². The van der Waals surface area contributed by atoms with E-state index in [1.165, 1.54) is 5.56 Å². The lowest BCUT2D eigenvalue weighted by molar-refractivity contribution is -0.121. The minimum Gasteiger partial charge on any atom is -0.356 e. The molecule has 4 heteroatoms. The predicted octanol–water partition coefficient (Wildman–Crippen LogP) is 3.11. The Labute approximate surface area is 119 Å². The second-order valence-corrected chi connectivity index (χ2v) is 6.02. The Bertz CT molecular complexity index is 592. The van der Waals surface area contributed by atoms with Crippen LogP contribution in [0.1, 0.15) is 32.0 Å². The Morgan fingerprint density at radius 2 is 1.90 bits per heavy atom. The molecule has 20 heavy (non-hydrogen) atoms. The van der Waals surface area contributed by atoms with Crippen LogP contribution < -0.4 is 5.32 Å². The van der Waals surface area contributed by atoms with Crippen molar-refractivity contribution < 1.29 is 9.32 Å². The van der Waals surface area contributed by atoms with Gasteiger partial charge in [0.1, 0.15) is 0 Å². The summed E-state index contributed by atoms with van der Waals surface area (Å²) in [4.78, 5) is 11.8. The highest BCUT2D eigenvalue weighted by Gasteiger charge is 2.16. The summed E-state index contributed by atoms with van der Waals surface area (Å²) in [6.45, 7) is 7.88. The summed E-state index contributed by atoms with van der Waals surface area (Å²) in [5.74, 6) is 0.629. The van der Waals surface area contributed by atoms with E-state index in [9.17, 15) is 4.79 Å². The number of rotatable bonds is 3. The average Bonchev–Trinajstić information content (AvgIpc) is 2.75. The fourth-order valence-electron chi connectivity index (χ4n) is 1.88. The van der Waals surface area contributed by atoms with Gasteiger partial charge in [-0.1, -0.05) is 35.0 Å². The van der Waals surface area contributed by atoms with Crippen LogP contribution in [0.4, 0.5) is 0 Å². The molecular formula is C16H20N2O2. The van der Waals surface area contributed by atoms with Gasteiger partial charge in [-0.05, 0) is 27.7 Å². The number of amides is 1. The van der Waals surface area contributed by atoms with Crippen LogP contribution in [0.5, 0.6) is 0 Å². The fourth-order valence-corrected chi connectivity index (χ4v) is 1.88. The van der Waals surface area contributed by atoms with E-state index in [1.54, 1.807) is 0 Å². The van der Waals surface area contributed by atoms with Gasteiger partial charge in [0.05, 0.1) is 12.1 Å². The molecule has 1 aromatic carbocycles. The molecule has 0 aliphatic heterocycles. The summed E-state index contributed by atoms with van der Waals surface area (Å²) < 4.78 is 5.29. The lowest BCUT2D eigenvalue weighted by Crippen LogP contribution is -2.41. The number of aryl methyl sites for hydroxylation is 1. The van der Waals surface area contributed by atoms with Crippen LogP contribution in [-0.4, -0.2) is 16.6 Å². The highest BCUT2D eigenvalue weighted by atomic mass is 16.5. The van der Waals surface area contributed by atoms with Crippen molar-refractivity contribution in [3.05, 3.63) is 41.6 Å². The molecule has 0 saturated carbocycles. The lowest BCUT2D eigenvalue weighted by atomic mass is 10.1. The lowest BCUT2D eigenvalue weighted by Gasteiger charge is -2.19. The van der Waals surface area contributed by atoms with Crippen molar-refractivity contribution in [2.45, 2.75) is 39.7 Å². The Kier molecular flexibility index (Phi) is 3.93. The number of nitrogens with one attached hydrogen (secondary N) is 1. The molecule has 1 N–H and O–H groups in total. The third-order valence-corrected chi connectivity index (χ3v) is 2.75. The SMILES string of the molecule is Cc1ccc(-c2cc(CC(=O)NC(C)(C)C)no2)cc1. The van der Waals surface area contributed by atoms with E-state index in [1.807, 2.05) is 58.0 Å². The van der Waals surface area contributed by atoms with Crippen molar-refractivity contribution in [2.75, 3.05) is 0 Å². The molecule has 0 saturated heterocycles. The van der Waals surface area contributed by atoms with Gasteiger partial charge >= 0.3 is 0 Å². The van der Waals surface area contributed by atoms with Crippen molar-refractivity contribution >= 4 is 5.91 Å². The van der Waals surface area contributed by atoms with Gasteiger partial charge in [-0.25, -0.2) is 0 Å². The number of carbonyl (C=O) groups excluding carboxylic acids is 1. The molecule has 0 spiro atoms. The monoisotopic (exact) mass is 272 g/mol. The van der Waals surface area contributed by atoms with E-state index in [4.69, 9.17) is 4.52 Å². The first-order chi connectivity index (χ1) is 9.33.